The molecule has 27 heavy (non-hydrogen) atoms. The molecule has 1 unspecified atom stereocenters. The molecule has 8 heteroatoms. The van der Waals surface area contributed by atoms with Crippen LogP contribution in [0.15, 0.2) is 0 Å². The number of carbonyl (C=O) groups excluding carboxylic acids is 4. The van der Waals surface area contributed by atoms with Crippen LogP contribution in [0.5, 0.6) is 0 Å². The predicted octanol–water partition coefficient (Wildman–Crippen LogP) is 0.0818. The van der Waals surface area contributed by atoms with Gasteiger partial charge in [0.25, 0.3) is 0 Å². The number of Topliss-reactive ketones (excluding diaryl/α,β-unsaturated/α-hetero) is 1. The van der Waals surface area contributed by atoms with E-state index in [4.69, 9.17) is 11.5 Å². The van der Waals surface area contributed by atoms with E-state index in [1.54, 1.807) is 0 Å². The highest BCUT2D eigenvalue weighted by Gasteiger charge is 2.45. The molecule has 5 N–H and O–H groups in total. The summed E-state index contributed by atoms with van der Waals surface area (Å²) in [6.45, 7) is 4.73. The van der Waals surface area contributed by atoms with Crippen LogP contribution in [0.4, 0.5) is 0 Å². The van der Waals surface area contributed by atoms with Crippen molar-refractivity contribution in [1.82, 2.24) is 10.2 Å². The fourth-order valence-corrected chi connectivity index (χ4v) is 4.10. The standard InChI is InChI=1S/C19H32N4O4/c1-19(2)11-12(24)10-13(19)16(25)22-17(26)15-7-5-9-23(15)18(27)14(21)6-3-4-8-20/h13-15H,3-11,20-21H2,1-2H3,(H,22,25,26)/t13?,14-,15-/m0/s1. The van der Waals surface area contributed by atoms with Crippen molar-refractivity contribution >= 4 is 23.5 Å². The van der Waals surface area contributed by atoms with Crippen LogP contribution in [0, 0.1) is 11.3 Å². The zero-order valence-corrected chi connectivity index (χ0v) is 16.3. The number of imide groups is 1. The molecule has 0 aromatic rings. The number of hydrogen-bond donors (Lipinski definition) is 3. The molecule has 1 saturated carbocycles. The van der Waals surface area contributed by atoms with Gasteiger partial charge in [-0.2, -0.15) is 0 Å². The average molecular weight is 380 g/mol. The second-order valence-electron chi connectivity index (χ2n) is 8.39. The minimum atomic E-state index is -0.678. The number of amides is 3. The minimum Gasteiger partial charge on any atom is -0.330 e. The summed E-state index contributed by atoms with van der Waals surface area (Å²) in [4.78, 5) is 51.0. The van der Waals surface area contributed by atoms with Gasteiger partial charge in [0, 0.05) is 19.4 Å². The largest absolute Gasteiger partial charge is 0.330 e. The molecule has 2 aliphatic rings. The Kier molecular flexibility index (Phi) is 7.11. The van der Waals surface area contributed by atoms with Gasteiger partial charge in [-0.1, -0.05) is 20.3 Å². The first-order valence-corrected chi connectivity index (χ1v) is 9.80. The molecule has 1 saturated heterocycles. The number of nitrogens with one attached hydrogen (secondary N) is 1. The Bertz CT molecular complexity index is 605. The van der Waals surface area contributed by atoms with E-state index < -0.39 is 35.2 Å². The Morgan fingerprint density at radius 2 is 1.96 bits per heavy atom. The van der Waals surface area contributed by atoms with E-state index in [-0.39, 0.29) is 18.1 Å². The molecule has 0 aromatic carbocycles. The van der Waals surface area contributed by atoms with Gasteiger partial charge >= 0.3 is 0 Å². The third-order valence-electron chi connectivity index (χ3n) is 5.72. The van der Waals surface area contributed by atoms with Gasteiger partial charge in [-0.05, 0) is 37.6 Å². The molecule has 8 nitrogen and oxygen atoms in total. The normalized spacial score (nSPS) is 25.5. The fraction of sp³-hybridized carbons (Fsp3) is 0.789. The molecule has 2 fully saturated rings. The van der Waals surface area contributed by atoms with Crippen molar-refractivity contribution in [3.63, 3.8) is 0 Å². The van der Waals surface area contributed by atoms with E-state index in [1.807, 2.05) is 13.8 Å². The van der Waals surface area contributed by atoms with Crippen molar-refractivity contribution in [2.24, 2.45) is 22.8 Å². The maximum atomic E-state index is 12.6. The smallest absolute Gasteiger partial charge is 0.249 e. The third-order valence-corrected chi connectivity index (χ3v) is 5.72. The number of nitrogens with zero attached hydrogens (tertiary/aromatic N) is 1. The van der Waals surface area contributed by atoms with Crippen molar-refractivity contribution < 1.29 is 19.2 Å². The van der Waals surface area contributed by atoms with Gasteiger partial charge in [0.05, 0.1) is 12.0 Å². The van der Waals surface area contributed by atoms with Crippen LogP contribution in [0.1, 0.15) is 58.8 Å². The van der Waals surface area contributed by atoms with Crippen LogP contribution in [0.2, 0.25) is 0 Å². The van der Waals surface area contributed by atoms with Crippen molar-refractivity contribution in [2.75, 3.05) is 13.1 Å². The highest BCUT2D eigenvalue weighted by molar-refractivity contribution is 6.02. The van der Waals surface area contributed by atoms with Gasteiger partial charge in [-0.3, -0.25) is 24.5 Å². The van der Waals surface area contributed by atoms with Gasteiger partial charge in [0.1, 0.15) is 11.8 Å². The monoisotopic (exact) mass is 380 g/mol. The zero-order valence-electron chi connectivity index (χ0n) is 16.3. The predicted molar refractivity (Wildman–Crippen MR) is 100 cm³/mol. The Hall–Kier alpha value is -1.80. The molecule has 1 aliphatic carbocycles. The van der Waals surface area contributed by atoms with Gasteiger partial charge in [-0.25, -0.2) is 0 Å². The molecule has 3 atom stereocenters. The molecular weight excluding hydrogens is 348 g/mol. The van der Waals surface area contributed by atoms with Crippen LogP contribution in [0.25, 0.3) is 0 Å². The summed E-state index contributed by atoms with van der Waals surface area (Å²) in [5.41, 5.74) is 11.0. The molecule has 1 aliphatic heterocycles. The molecule has 0 spiro atoms. The second-order valence-corrected chi connectivity index (χ2v) is 8.39. The van der Waals surface area contributed by atoms with E-state index >= 15 is 0 Å². The summed E-state index contributed by atoms with van der Waals surface area (Å²) in [5.74, 6) is -1.64. The third kappa shape index (κ3) is 5.13. The number of ketones is 1. The van der Waals surface area contributed by atoms with E-state index in [0.29, 0.717) is 38.8 Å². The molecular formula is C19H32N4O4. The number of nitrogens with two attached hydrogens (primary N) is 2. The Morgan fingerprint density at radius 3 is 2.56 bits per heavy atom. The summed E-state index contributed by atoms with van der Waals surface area (Å²) < 4.78 is 0. The van der Waals surface area contributed by atoms with E-state index in [9.17, 15) is 19.2 Å². The zero-order chi connectivity index (χ0) is 20.2. The average Bonchev–Trinajstić information content (AvgIpc) is 3.17. The highest BCUT2D eigenvalue weighted by atomic mass is 16.2. The van der Waals surface area contributed by atoms with E-state index in [2.05, 4.69) is 5.32 Å². The maximum absolute atomic E-state index is 12.6. The van der Waals surface area contributed by atoms with Crippen molar-refractivity contribution in [2.45, 2.75) is 70.9 Å². The summed E-state index contributed by atoms with van der Waals surface area (Å²) >= 11 is 0. The maximum Gasteiger partial charge on any atom is 0.249 e. The summed E-state index contributed by atoms with van der Waals surface area (Å²) in [7, 11) is 0. The van der Waals surface area contributed by atoms with Crippen molar-refractivity contribution in [1.29, 1.82) is 0 Å². The first-order chi connectivity index (χ1) is 12.7. The Balaban J connectivity index is 1.95. The lowest BCUT2D eigenvalue weighted by Crippen LogP contribution is -2.53. The van der Waals surface area contributed by atoms with Crippen LogP contribution < -0.4 is 16.8 Å². The lowest BCUT2D eigenvalue weighted by atomic mass is 9.81. The number of unbranched alkanes of at least 4 members (excludes halogenated alkanes) is 1. The van der Waals surface area contributed by atoms with Crippen molar-refractivity contribution in [3.8, 4) is 0 Å². The van der Waals surface area contributed by atoms with Crippen LogP contribution in [-0.4, -0.2) is 53.6 Å². The number of rotatable bonds is 7. The van der Waals surface area contributed by atoms with E-state index in [0.717, 1.165) is 12.8 Å². The second kappa shape index (κ2) is 8.93. The lowest BCUT2D eigenvalue weighted by molar-refractivity contribution is -0.143. The fourth-order valence-electron chi connectivity index (χ4n) is 4.10. The van der Waals surface area contributed by atoms with E-state index in [1.165, 1.54) is 4.90 Å². The minimum absolute atomic E-state index is 0.0359. The number of carbonyl (C=O) groups is 4. The molecule has 0 bridgehead atoms. The van der Waals surface area contributed by atoms with Crippen molar-refractivity contribution in [3.05, 3.63) is 0 Å². The summed E-state index contributed by atoms with van der Waals surface area (Å²) in [6.07, 6.45) is 3.79. The van der Waals surface area contributed by atoms with Crippen LogP contribution in [-0.2, 0) is 19.2 Å². The molecule has 0 radical (unpaired) electrons. The molecule has 1 heterocycles. The van der Waals surface area contributed by atoms with Gasteiger partial charge in [-0.15, -0.1) is 0 Å². The first kappa shape index (κ1) is 21.5. The molecule has 2 rings (SSSR count). The number of hydrogen-bond acceptors (Lipinski definition) is 6. The lowest BCUT2D eigenvalue weighted by Gasteiger charge is -2.28. The summed E-state index contributed by atoms with van der Waals surface area (Å²) in [5, 5.41) is 2.43. The van der Waals surface area contributed by atoms with Gasteiger partial charge in [0.15, 0.2) is 0 Å². The molecule has 0 aromatic heterocycles. The Morgan fingerprint density at radius 1 is 1.26 bits per heavy atom. The number of likely N-dealkylation sites (tertiary alicyclic amines) is 1. The molecule has 3 amide bonds. The highest BCUT2D eigenvalue weighted by Crippen LogP contribution is 2.40. The first-order valence-electron chi connectivity index (χ1n) is 9.80. The van der Waals surface area contributed by atoms with Gasteiger partial charge in [0.2, 0.25) is 17.7 Å². The Labute approximate surface area is 160 Å². The molecule has 152 valence electrons. The van der Waals surface area contributed by atoms with Crippen LogP contribution in [0.3, 0.4) is 0 Å². The van der Waals surface area contributed by atoms with Crippen LogP contribution >= 0.6 is 0 Å². The quantitative estimate of drug-likeness (QED) is 0.423. The SMILES string of the molecule is CC1(C)CC(=O)CC1C(=O)NC(=O)[C@@H]1CCCN1C(=O)[C@@H](N)CCCCN. The van der Waals surface area contributed by atoms with Gasteiger partial charge < -0.3 is 16.4 Å². The summed E-state index contributed by atoms with van der Waals surface area (Å²) in [6, 6.07) is -1.34. The topological polar surface area (TPSA) is 136 Å².